The van der Waals surface area contributed by atoms with Crippen molar-refractivity contribution in [1.29, 1.82) is 0 Å². The van der Waals surface area contributed by atoms with Gasteiger partial charge in [0.25, 0.3) is 0 Å². The van der Waals surface area contributed by atoms with Crippen LogP contribution in [-0.4, -0.2) is 37.3 Å². The average molecular weight is 308 g/mol. The highest BCUT2D eigenvalue weighted by Gasteiger charge is 2.29. The van der Waals surface area contributed by atoms with Gasteiger partial charge in [-0.25, -0.2) is 0 Å². The van der Waals surface area contributed by atoms with Crippen molar-refractivity contribution in [2.45, 2.75) is 25.3 Å². The molecule has 0 aliphatic carbocycles. The minimum Gasteiger partial charge on any atom is -0.471 e. The van der Waals surface area contributed by atoms with Gasteiger partial charge >= 0.3 is 0 Å². The summed E-state index contributed by atoms with van der Waals surface area (Å²) in [6, 6.07) is 19.8. The molecule has 1 saturated heterocycles. The van der Waals surface area contributed by atoms with Crippen LogP contribution in [0.25, 0.3) is 0 Å². The Bertz CT molecular complexity index is 635. The van der Waals surface area contributed by atoms with Gasteiger partial charge in [0.05, 0.1) is 5.69 Å². The summed E-state index contributed by atoms with van der Waals surface area (Å²) in [7, 11) is 0. The molecule has 0 radical (unpaired) electrons. The summed E-state index contributed by atoms with van der Waals surface area (Å²) < 4.78 is 5.81. The molecule has 2 aliphatic rings. The molecule has 3 nitrogen and oxygen atoms in total. The lowest BCUT2D eigenvalue weighted by molar-refractivity contribution is 0.203. The maximum Gasteiger partial charge on any atom is 0.161 e. The molecule has 2 aliphatic heterocycles. The van der Waals surface area contributed by atoms with Gasteiger partial charge in [0.1, 0.15) is 5.75 Å². The first-order valence-corrected chi connectivity index (χ1v) is 8.65. The van der Waals surface area contributed by atoms with E-state index in [-0.39, 0.29) is 0 Å². The summed E-state index contributed by atoms with van der Waals surface area (Å²) in [5.74, 6) is 1.04. The molecule has 2 aromatic carbocycles. The Morgan fingerprint density at radius 2 is 1.65 bits per heavy atom. The topological polar surface area (TPSA) is 15.7 Å². The Hall–Kier alpha value is -2.00. The third kappa shape index (κ3) is 3.20. The van der Waals surface area contributed by atoms with Gasteiger partial charge in [-0.15, -0.1) is 0 Å². The molecular weight excluding hydrogens is 284 g/mol. The van der Waals surface area contributed by atoms with Gasteiger partial charge in [0, 0.05) is 25.7 Å². The van der Waals surface area contributed by atoms with E-state index in [4.69, 9.17) is 4.74 Å². The highest BCUT2D eigenvalue weighted by atomic mass is 16.5. The first-order valence-electron chi connectivity index (χ1n) is 8.65. The molecule has 4 rings (SSSR count). The largest absolute Gasteiger partial charge is 0.471 e. The van der Waals surface area contributed by atoms with Gasteiger partial charge in [0.2, 0.25) is 0 Å². The fourth-order valence-corrected chi connectivity index (χ4v) is 3.71. The Labute approximate surface area is 138 Å². The van der Waals surface area contributed by atoms with Crippen molar-refractivity contribution < 1.29 is 4.74 Å². The smallest absolute Gasteiger partial charge is 0.161 e. The van der Waals surface area contributed by atoms with Gasteiger partial charge in [0.15, 0.2) is 6.73 Å². The highest BCUT2D eigenvalue weighted by Crippen LogP contribution is 2.36. The number of likely N-dealkylation sites (tertiary alicyclic amines) is 1. The van der Waals surface area contributed by atoms with Crippen LogP contribution in [0, 0.1) is 0 Å². The molecule has 0 aromatic heterocycles. The standard InChI is InChI=1S/C20H24N2O/c1-2-6-17(7-3-1)10-13-21-14-11-18(12-15-21)22-16-23-20-9-5-4-8-19(20)22/h1-9,18H,10-16H2. The van der Waals surface area contributed by atoms with Crippen molar-refractivity contribution in [3.8, 4) is 5.75 Å². The molecular formula is C20H24N2O. The Morgan fingerprint density at radius 3 is 2.48 bits per heavy atom. The zero-order valence-electron chi connectivity index (χ0n) is 13.5. The van der Waals surface area contributed by atoms with Gasteiger partial charge < -0.3 is 14.5 Å². The highest BCUT2D eigenvalue weighted by molar-refractivity contribution is 5.61. The summed E-state index contributed by atoms with van der Waals surface area (Å²) >= 11 is 0. The van der Waals surface area contributed by atoms with E-state index in [0.717, 1.165) is 12.2 Å². The number of nitrogens with zero attached hydrogens (tertiary/aromatic N) is 2. The first-order chi connectivity index (χ1) is 11.4. The third-order valence-corrected chi connectivity index (χ3v) is 5.09. The van der Waals surface area contributed by atoms with Gasteiger partial charge in [-0.05, 0) is 37.0 Å². The monoisotopic (exact) mass is 308 g/mol. The molecule has 2 heterocycles. The fraction of sp³-hybridized carbons (Fsp3) is 0.400. The Kier molecular flexibility index (Phi) is 4.20. The van der Waals surface area contributed by atoms with E-state index in [1.165, 1.54) is 43.7 Å². The summed E-state index contributed by atoms with van der Waals surface area (Å²) in [5.41, 5.74) is 2.71. The molecule has 0 bridgehead atoms. The van der Waals surface area contributed by atoms with Crippen LogP contribution < -0.4 is 9.64 Å². The number of para-hydroxylation sites is 2. The first kappa shape index (κ1) is 14.6. The van der Waals surface area contributed by atoms with E-state index in [1.54, 1.807) is 0 Å². The lowest BCUT2D eigenvalue weighted by Gasteiger charge is -2.37. The number of hydrogen-bond acceptors (Lipinski definition) is 3. The molecule has 0 spiro atoms. The molecule has 1 fully saturated rings. The lowest BCUT2D eigenvalue weighted by atomic mass is 10.0. The van der Waals surface area contributed by atoms with Gasteiger partial charge in [-0.3, -0.25) is 0 Å². The van der Waals surface area contributed by atoms with Crippen molar-refractivity contribution >= 4 is 5.69 Å². The van der Waals surface area contributed by atoms with Crippen LogP contribution in [0.15, 0.2) is 54.6 Å². The minimum absolute atomic E-state index is 0.617. The molecule has 3 heteroatoms. The maximum atomic E-state index is 5.81. The van der Waals surface area contributed by atoms with Gasteiger partial charge in [-0.2, -0.15) is 0 Å². The zero-order chi connectivity index (χ0) is 15.5. The molecule has 0 saturated carbocycles. The predicted octanol–water partition coefficient (Wildman–Crippen LogP) is 3.55. The second kappa shape index (κ2) is 6.63. The van der Waals surface area contributed by atoms with E-state index in [9.17, 15) is 0 Å². The zero-order valence-corrected chi connectivity index (χ0v) is 13.5. The van der Waals surface area contributed by atoms with E-state index in [1.807, 2.05) is 0 Å². The van der Waals surface area contributed by atoms with E-state index >= 15 is 0 Å². The number of hydrogen-bond donors (Lipinski definition) is 0. The van der Waals surface area contributed by atoms with E-state index in [0.29, 0.717) is 12.8 Å². The molecule has 0 unspecified atom stereocenters. The van der Waals surface area contributed by atoms with Crippen molar-refractivity contribution in [3.63, 3.8) is 0 Å². The minimum atomic E-state index is 0.617. The molecule has 0 N–H and O–H groups in total. The SMILES string of the molecule is c1ccc(CCN2CCC(N3COc4ccccc43)CC2)cc1. The molecule has 0 atom stereocenters. The second-order valence-corrected chi connectivity index (χ2v) is 6.52. The fourth-order valence-electron chi connectivity index (χ4n) is 3.71. The van der Waals surface area contributed by atoms with Crippen LogP contribution >= 0.6 is 0 Å². The Morgan fingerprint density at radius 1 is 0.913 bits per heavy atom. The van der Waals surface area contributed by atoms with E-state index < -0.39 is 0 Å². The summed E-state index contributed by atoms with van der Waals surface area (Å²) in [5, 5.41) is 0. The number of ether oxygens (including phenoxy) is 1. The number of piperidine rings is 1. The summed E-state index contributed by atoms with van der Waals surface area (Å²) in [4.78, 5) is 5.05. The van der Waals surface area contributed by atoms with Crippen LogP contribution in [0.1, 0.15) is 18.4 Å². The molecule has 2 aromatic rings. The van der Waals surface area contributed by atoms with Crippen LogP contribution in [0.2, 0.25) is 0 Å². The van der Waals surface area contributed by atoms with Crippen molar-refractivity contribution in [2.75, 3.05) is 31.3 Å². The second-order valence-electron chi connectivity index (χ2n) is 6.52. The van der Waals surface area contributed by atoms with Crippen LogP contribution in [0.5, 0.6) is 5.75 Å². The summed E-state index contributed by atoms with van der Waals surface area (Å²) in [6.07, 6.45) is 3.61. The van der Waals surface area contributed by atoms with Crippen molar-refractivity contribution in [2.24, 2.45) is 0 Å². The van der Waals surface area contributed by atoms with Crippen LogP contribution in [-0.2, 0) is 6.42 Å². The predicted molar refractivity (Wildman–Crippen MR) is 94.0 cm³/mol. The van der Waals surface area contributed by atoms with E-state index in [2.05, 4.69) is 64.4 Å². The quantitative estimate of drug-likeness (QED) is 0.859. The normalized spacial score (nSPS) is 18.7. The Balaban J connectivity index is 1.30. The molecule has 23 heavy (non-hydrogen) atoms. The molecule has 0 amide bonds. The maximum absolute atomic E-state index is 5.81. The number of benzene rings is 2. The molecule has 120 valence electrons. The average Bonchev–Trinajstić information content (AvgIpc) is 3.05. The number of anilines is 1. The number of rotatable bonds is 4. The summed E-state index contributed by atoms with van der Waals surface area (Å²) in [6.45, 7) is 4.27. The van der Waals surface area contributed by atoms with Crippen LogP contribution in [0.4, 0.5) is 5.69 Å². The van der Waals surface area contributed by atoms with Crippen LogP contribution in [0.3, 0.4) is 0 Å². The van der Waals surface area contributed by atoms with Crippen molar-refractivity contribution in [3.05, 3.63) is 60.2 Å². The third-order valence-electron chi connectivity index (χ3n) is 5.09. The van der Waals surface area contributed by atoms with Crippen molar-refractivity contribution in [1.82, 2.24) is 4.90 Å². The van der Waals surface area contributed by atoms with Gasteiger partial charge in [-0.1, -0.05) is 42.5 Å². The lowest BCUT2D eigenvalue weighted by Crippen LogP contribution is -2.45. The number of fused-ring (bicyclic) bond motifs is 1.